The Morgan fingerprint density at radius 1 is 0.750 bits per heavy atom. The first-order valence-electron chi connectivity index (χ1n) is 8.46. The van der Waals surface area contributed by atoms with E-state index in [1.54, 1.807) is 30.3 Å². The number of hydrogen-bond acceptors (Lipinski definition) is 4. The second-order valence-corrected chi connectivity index (χ2v) is 6.04. The van der Waals surface area contributed by atoms with E-state index in [1.807, 2.05) is 18.2 Å². The smallest absolute Gasteiger partial charge is 0.247 e. The van der Waals surface area contributed by atoms with Crippen molar-refractivity contribution in [1.29, 1.82) is 0 Å². The molecule has 3 aromatic carbocycles. The lowest BCUT2D eigenvalue weighted by atomic mass is 10.1. The number of benzene rings is 3. The van der Waals surface area contributed by atoms with Gasteiger partial charge in [-0.2, -0.15) is 0 Å². The average molecular weight is 381 g/mol. The SMILES string of the molecule is Fc1ccc(N[C@H](c2nnc(-c3ccccc3)o2)c2ccccc2F)cc1F. The van der Waals surface area contributed by atoms with Gasteiger partial charge in [0.2, 0.25) is 11.8 Å². The van der Waals surface area contributed by atoms with Crippen LogP contribution in [0.4, 0.5) is 18.9 Å². The first-order chi connectivity index (χ1) is 13.6. The molecule has 0 aliphatic heterocycles. The Hall–Kier alpha value is -3.61. The van der Waals surface area contributed by atoms with Gasteiger partial charge in [0, 0.05) is 22.9 Å². The molecule has 0 aliphatic rings. The summed E-state index contributed by atoms with van der Waals surface area (Å²) < 4.78 is 47.0. The highest BCUT2D eigenvalue weighted by Gasteiger charge is 2.24. The van der Waals surface area contributed by atoms with Crippen molar-refractivity contribution in [2.45, 2.75) is 6.04 Å². The summed E-state index contributed by atoms with van der Waals surface area (Å²) in [6, 6.07) is 17.6. The van der Waals surface area contributed by atoms with E-state index >= 15 is 0 Å². The zero-order valence-corrected chi connectivity index (χ0v) is 14.4. The second-order valence-electron chi connectivity index (χ2n) is 6.04. The van der Waals surface area contributed by atoms with E-state index in [1.165, 1.54) is 12.1 Å². The Kier molecular flexibility index (Phi) is 4.80. The largest absolute Gasteiger partial charge is 0.418 e. The van der Waals surface area contributed by atoms with Gasteiger partial charge in [-0.05, 0) is 30.3 Å². The number of hydrogen-bond donors (Lipinski definition) is 1. The fourth-order valence-corrected chi connectivity index (χ4v) is 2.78. The summed E-state index contributed by atoms with van der Waals surface area (Å²) in [4.78, 5) is 0. The van der Waals surface area contributed by atoms with E-state index in [2.05, 4.69) is 15.5 Å². The first kappa shape index (κ1) is 17.8. The van der Waals surface area contributed by atoms with Gasteiger partial charge in [0.15, 0.2) is 11.6 Å². The van der Waals surface area contributed by atoms with Crippen LogP contribution in [0.2, 0.25) is 0 Å². The van der Waals surface area contributed by atoms with E-state index < -0.39 is 23.5 Å². The molecular weight excluding hydrogens is 367 g/mol. The monoisotopic (exact) mass is 381 g/mol. The van der Waals surface area contributed by atoms with Crippen LogP contribution in [0.3, 0.4) is 0 Å². The summed E-state index contributed by atoms with van der Waals surface area (Å²) in [5.41, 5.74) is 1.18. The molecule has 0 saturated heterocycles. The molecule has 0 saturated carbocycles. The molecule has 1 heterocycles. The molecular formula is C21H14F3N3O. The molecule has 0 aliphatic carbocycles. The highest BCUT2D eigenvalue weighted by atomic mass is 19.2. The Balaban J connectivity index is 1.74. The number of nitrogens with zero attached hydrogens (tertiary/aromatic N) is 2. The number of nitrogens with one attached hydrogen (secondary N) is 1. The van der Waals surface area contributed by atoms with E-state index in [4.69, 9.17) is 4.42 Å². The zero-order chi connectivity index (χ0) is 19.5. The number of halogens is 3. The predicted octanol–water partition coefficient (Wildman–Crippen LogP) is 5.36. The van der Waals surface area contributed by atoms with Crippen LogP contribution in [0.5, 0.6) is 0 Å². The first-order valence-corrected chi connectivity index (χ1v) is 8.46. The topological polar surface area (TPSA) is 51.0 Å². The maximum Gasteiger partial charge on any atom is 0.247 e. The lowest BCUT2D eigenvalue weighted by Gasteiger charge is -2.17. The number of aromatic nitrogens is 2. The molecule has 0 radical (unpaired) electrons. The van der Waals surface area contributed by atoms with Gasteiger partial charge in [0.05, 0.1) is 0 Å². The van der Waals surface area contributed by atoms with Crippen LogP contribution in [0, 0.1) is 17.5 Å². The van der Waals surface area contributed by atoms with Crippen LogP contribution in [0.1, 0.15) is 17.5 Å². The van der Waals surface area contributed by atoms with E-state index in [-0.39, 0.29) is 23.0 Å². The molecule has 140 valence electrons. The van der Waals surface area contributed by atoms with Crippen molar-refractivity contribution in [3.05, 3.63) is 102 Å². The third-order valence-corrected chi connectivity index (χ3v) is 4.16. The second kappa shape index (κ2) is 7.56. The van der Waals surface area contributed by atoms with Gasteiger partial charge in [-0.25, -0.2) is 13.2 Å². The quantitative estimate of drug-likeness (QED) is 0.506. The molecule has 0 bridgehead atoms. The minimum Gasteiger partial charge on any atom is -0.418 e. The fraction of sp³-hybridized carbons (Fsp3) is 0.0476. The van der Waals surface area contributed by atoms with Gasteiger partial charge in [-0.1, -0.05) is 36.4 Å². The molecule has 28 heavy (non-hydrogen) atoms. The molecule has 0 spiro atoms. The van der Waals surface area contributed by atoms with E-state index in [9.17, 15) is 13.2 Å². The number of rotatable bonds is 5. The summed E-state index contributed by atoms with van der Waals surface area (Å²) >= 11 is 0. The minimum absolute atomic E-state index is 0.0914. The Morgan fingerprint density at radius 2 is 1.50 bits per heavy atom. The highest BCUT2D eigenvalue weighted by molar-refractivity contribution is 5.53. The van der Waals surface area contributed by atoms with Crippen LogP contribution < -0.4 is 5.32 Å². The molecule has 1 atom stereocenters. The maximum absolute atomic E-state index is 14.4. The van der Waals surface area contributed by atoms with Gasteiger partial charge in [-0.15, -0.1) is 10.2 Å². The fourth-order valence-electron chi connectivity index (χ4n) is 2.78. The molecule has 4 aromatic rings. The summed E-state index contributed by atoms with van der Waals surface area (Å²) in [5, 5.41) is 11.0. The van der Waals surface area contributed by atoms with Crippen molar-refractivity contribution >= 4 is 5.69 Å². The van der Waals surface area contributed by atoms with Gasteiger partial charge in [-0.3, -0.25) is 0 Å². The van der Waals surface area contributed by atoms with Gasteiger partial charge in [0.1, 0.15) is 11.9 Å². The third kappa shape index (κ3) is 3.59. The van der Waals surface area contributed by atoms with Gasteiger partial charge < -0.3 is 9.73 Å². The van der Waals surface area contributed by atoms with Crippen molar-refractivity contribution in [2.24, 2.45) is 0 Å². The van der Waals surface area contributed by atoms with E-state index in [0.29, 0.717) is 5.56 Å². The Bertz CT molecular complexity index is 1100. The Morgan fingerprint density at radius 3 is 2.25 bits per heavy atom. The summed E-state index contributed by atoms with van der Waals surface area (Å²) in [7, 11) is 0. The molecule has 0 unspecified atom stereocenters. The van der Waals surface area contributed by atoms with Crippen molar-refractivity contribution < 1.29 is 17.6 Å². The highest BCUT2D eigenvalue weighted by Crippen LogP contribution is 2.30. The summed E-state index contributed by atoms with van der Waals surface area (Å²) in [6.45, 7) is 0. The van der Waals surface area contributed by atoms with Crippen LogP contribution in [0.15, 0.2) is 77.2 Å². The molecule has 1 aromatic heterocycles. The molecule has 7 heteroatoms. The maximum atomic E-state index is 14.4. The summed E-state index contributed by atoms with van der Waals surface area (Å²) in [6.07, 6.45) is 0. The van der Waals surface area contributed by atoms with Crippen LogP contribution in [0.25, 0.3) is 11.5 Å². The normalized spacial score (nSPS) is 12.0. The van der Waals surface area contributed by atoms with Crippen molar-refractivity contribution in [3.8, 4) is 11.5 Å². The molecule has 0 fully saturated rings. The van der Waals surface area contributed by atoms with Crippen molar-refractivity contribution in [2.75, 3.05) is 5.32 Å². The van der Waals surface area contributed by atoms with Gasteiger partial charge in [0.25, 0.3) is 0 Å². The molecule has 4 nitrogen and oxygen atoms in total. The Labute approximate surface area is 158 Å². The van der Waals surface area contributed by atoms with Crippen LogP contribution in [-0.4, -0.2) is 10.2 Å². The standard InChI is InChI=1S/C21H14F3N3O/c22-16-9-5-4-8-15(16)19(25-14-10-11-17(23)18(24)12-14)21-27-26-20(28-21)13-6-2-1-3-7-13/h1-12,19,25H/t19-/m0/s1. The lowest BCUT2D eigenvalue weighted by Crippen LogP contribution is -2.14. The average Bonchev–Trinajstić information content (AvgIpc) is 3.20. The van der Waals surface area contributed by atoms with Crippen LogP contribution >= 0.6 is 0 Å². The van der Waals surface area contributed by atoms with Crippen molar-refractivity contribution in [1.82, 2.24) is 10.2 Å². The molecule has 0 amide bonds. The number of anilines is 1. The van der Waals surface area contributed by atoms with E-state index in [0.717, 1.165) is 12.1 Å². The predicted molar refractivity (Wildman–Crippen MR) is 98.0 cm³/mol. The molecule has 1 N–H and O–H groups in total. The van der Waals surface area contributed by atoms with Crippen LogP contribution in [-0.2, 0) is 0 Å². The van der Waals surface area contributed by atoms with Crippen molar-refractivity contribution in [3.63, 3.8) is 0 Å². The summed E-state index contributed by atoms with van der Waals surface area (Å²) in [5.74, 6) is -2.13. The minimum atomic E-state index is -1.02. The lowest BCUT2D eigenvalue weighted by molar-refractivity contribution is 0.484. The zero-order valence-electron chi connectivity index (χ0n) is 14.4. The van der Waals surface area contributed by atoms with Gasteiger partial charge >= 0.3 is 0 Å². The molecule has 4 rings (SSSR count). The third-order valence-electron chi connectivity index (χ3n) is 4.16.